The number of aliphatic carboxylic acids is 2. The standard InChI is InChI=1S/C23H38N6O12/c1-9(23(40)41)25-20(37)14-5-4-6-29(14)22(39)17(11(3)32)28-21(38)16(10(2)31)27-19(36)13(7-15(33)34)26-18(35)12(24)8-30/h9-14,16-17,30-32H,4-8,24H2,1-3H3,(H,25,37)(H,26,35)(H,27,36)(H,28,38)(H,33,34)(H,40,41)/t9-,10+,11+,12-,13-,14-,16-,17-/m0/s1. The van der Waals surface area contributed by atoms with E-state index in [4.69, 9.17) is 21.1 Å². The molecular weight excluding hydrogens is 552 g/mol. The summed E-state index contributed by atoms with van der Waals surface area (Å²) in [5.74, 6) is -7.88. The van der Waals surface area contributed by atoms with Gasteiger partial charge < -0.3 is 57.4 Å². The molecule has 0 aromatic carbocycles. The Morgan fingerprint density at radius 2 is 1.41 bits per heavy atom. The number of nitrogens with zero attached hydrogens (tertiary/aromatic N) is 1. The van der Waals surface area contributed by atoms with Crippen LogP contribution in [0.1, 0.15) is 40.0 Å². The Labute approximate surface area is 234 Å². The number of carbonyl (C=O) groups excluding carboxylic acids is 5. The Bertz CT molecular complexity index is 1010. The number of nitrogens with one attached hydrogen (secondary N) is 4. The van der Waals surface area contributed by atoms with E-state index in [1.54, 1.807) is 0 Å². The van der Waals surface area contributed by atoms with Gasteiger partial charge in [0.25, 0.3) is 0 Å². The topological polar surface area (TPSA) is 298 Å². The Morgan fingerprint density at radius 1 is 0.854 bits per heavy atom. The summed E-state index contributed by atoms with van der Waals surface area (Å²) < 4.78 is 0. The molecule has 1 fully saturated rings. The Morgan fingerprint density at radius 3 is 1.90 bits per heavy atom. The smallest absolute Gasteiger partial charge is 0.325 e. The van der Waals surface area contributed by atoms with E-state index in [-0.39, 0.29) is 13.0 Å². The van der Waals surface area contributed by atoms with Gasteiger partial charge in [-0.1, -0.05) is 0 Å². The maximum atomic E-state index is 13.3. The summed E-state index contributed by atoms with van der Waals surface area (Å²) in [5, 5.41) is 56.1. The predicted octanol–water partition coefficient (Wildman–Crippen LogP) is -5.42. The van der Waals surface area contributed by atoms with Crippen LogP contribution in [0.4, 0.5) is 0 Å². The molecule has 0 unspecified atom stereocenters. The van der Waals surface area contributed by atoms with Crippen molar-refractivity contribution < 1.29 is 59.1 Å². The van der Waals surface area contributed by atoms with E-state index < -0.39 is 103 Å². The fourth-order valence-electron chi connectivity index (χ4n) is 3.89. The quantitative estimate of drug-likeness (QED) is 0.0852. The lowest BCUT2D eigenvalue weighted by atomic mass is 10.1. The first kappa shape index (κ1) is 35.2. The summed E-state index contributed by atoms with van der Waals surface area (Å²) in [6.07, 6.45) is -3.54. The van der Waals surface area contributed by atoms with Crippen LogP contribution in [0.25, 0.3) is 0 Å². The number of carboxylic acid groups (broad SMARTS) is 2. The Hall–Kier alpha value is -3.87. The number of likely N-dealkylation sites (tertiary alicyclic amines) is 1. The normalized spacial score (nSPS) is 19.9. The molecule has 18 heteroatoms. The van der Waals surface area contributed by atoms with Crippen LogP contribution in [0.15, 0.2) is 0 Å². The molecule has 1 aliphatic rings. The van der Waals surface area contributed by atoms with Crippen molar-refractivity contribution in [2.24, 2.45) is 5.73 Å². The van der Waals surface area contributed by atoms with Crippen molar-refractivity contribution in [1.29, 1.82) is 0 Å². The number of nitrogens with two attached hydrogens (primary N) is 1. The van der Waals surface area contributed by atoms with Gasteiger partial charge in [0.2, 0.25) is 29.5 Å². The molecular formula is C23H38N6O12. The second-order valence-electron chi connectivity index (χ2n) is 9.66. The molecule has 1 heterocycles. The van der Waals surface area contributed by atoms with Crippen LogP contribution in [0.5, 0.6) is 0 Å². The van der Waals surface area contributed by atoms with Crippen LogP contribution in [-0.4, -0.2) is 134 Å². The predicted molar refractivity (Wildman–Crippen MR) is 136 cm³/mol. The largest absolute Gasteiger partial charge is 0.481 e. The van der Waals surface area contributed by atoms with E-state index in [1.807, 2.05) is 5.32 Å². The van der Waals surface area contributed by atoms with Crippen LogP contribution in [0.3, 0.4) is 0 Å². The van der Waals surface area contributed by atoms with E-state index in [2.05, 4.69) is 16.0 Å². The molecule has 11 N–H and O–H groups in total. The van der Waals surface area contributed by atoms with E-state index in [0.717, 1.165) is 11.8 Å². The molecule has 0 radical (unpaired) electrons. The first-order valence-electron chi connectivity index (χ1n) is 12.7. The number of aliphatic hydroxyl groups is 3. The second-order valence-corrected chi connectivity index (χ2v) is 9.66. The van der Waals surface area contributed by atoms with Crippen molar-refractivity contribution in [1.82, 2.24) is 26.2 Å². The van der Waals surface area contributed by atoms with Gasteiger partial charge in [-0.05, 0) is 33.6 Å². The second kappa shape index (κ2) is 15.8. The van der Waals surface area contributed by atoms with Gasteiger partial charge in [0, 0.05) is 6.54 Å². The summed E-state index contributed by atoms with van der Waals surface area (Å²) in [5.41, 5.74) is 5.37. The monoisotopic (exact) mass is 590 g/mol. The molecule has 0 aromatic rings. The summed E-state index contributed by atoms with van der Waals surface area (Å²) in [6, 6.07) is -9.03. The lowest BCUT2D eigenvalue weighted by Crippen LogP contribution is -2.63. The highest BCUT2D eigenvalue weighted by Gasteiger charge is 2.41. The maximum absolute atomic E-state index is 13.3. The third-order valence-electron chi connectivity index (χ3n) is 6.22. The highest BCUT2D eigenvalue weighted by molar-refractivity contribution is 5.97. The van der Waals surface area contributed by atoms with Crippen LogP contribution in [-0.2, 0) is 33.6 Å². The van der Waals surface area contributed by atoms with Crippen LogP contribution in [0, 0.1) is 0 Å². The average molecular weight is 591 g/mol. The van der Waals surface area contributed by atoms with Gasteiger partial charge in [0.05, 0.1) is 25.2 Å². The van der Waals surface area contributed by atoms with Crippen molar-refractivity contribution in [3.05, 3.63) is 0 Å². The van der Waals surface area contributed by atoms with Gasteiger partial charge in [-0.2, -0.15) is 0 Å². The Kier molecular flexibility index (Phi) is 13.5. The zero-order valence-electron chi connectivity index (χ0n) is 22.8. The number of carboxylic acids is 2. The van der Waals surface area contributed by atoms with Gasteiger partial charge in [0.15, 0.2) is 0 Å². The molecule has 0 aliphatic carbocycles. The summed E-state index contributed by atoms with van der Waals surface area (Å²) in [4.78, 5) is 87.0. The van der Waals surface area contributed by atoms with Crippen molar-refractivity contribution in [3.63, 3.8) is 0 Å². The van der Waals surface area contributed by atoms with E-state index in [9.17, 15) is 43.8 Å². The minimum atomic E-state index is -1.80. The molecule has 18 nitrogen and oxygen atoms in total. The van der Waals surface area contributed by atoms with Crippen molar-refractivity contribution in [2.45, 2.75) is 88.5 Å². The van der Waals surface area contributed by atoms with E-state index in [1.165, 1.54) is 13.8 Å². The highest BCUT2D eigenvalue weighted by Crippen LogP contribution is 2.20. The van der Waals surface area contributed by atoms with Crippen molar-refractivity contribution >= 4 is 41.5 Å². The molecule has 1 saturated heterocycles. The Balaban J connectivity index is 3.09. The maximum Gasteiger partial charge on any atom is 0.325 e. The number of amides is 5. The van der Waals surface area contributed by atoms with E-state index >= 15 is 0 Å². The number of hydrogen-bond donors (Lipinski definition) is 10. The van der Waals surface area contributed by atoms with E-state index in [0.29, 0.717) is 6.42 Å². The SMILES string of the molecule is C[C@H](NC(=O)[C@@H]1CCCN1C(=O)[C@@H](NC(=O)[C@@H](NC(=O)[C@H](CC(=O)O)NC(=O)[C@@H](N)CO)[C@@H](C)O)[C@@H](C)O)C(=O)O. The molecule has 0 spiro atoms. The average Bonchev–Trinajstić information content (AvgIpc) is 3.38. The van der Waals surface area contributed by atoms with Crippen LogP contribution in [0.2, 0.25) is 0 Å². The minimum absolute atomic E-state index is 0.0561. The van der Waals surface area contributed by atoms with Gasteiger partial charge in [-0.3, -0.25) is 33.6 Å². The number of carbonyl (C=O) groups is 7. The van der Waals surface area contributed by atoms with Gasteiger partial charge in [-0.25, -0.2) is 0 Å². The fourth-order valence-corrected chi connectivity index (χ4v) is 3.89. The lowest BCUT2D eigenvalue weighted by Gasteiger charge is -2.32. The van der Waals surface area contributed by atoms with Gasteiger partial charge in [-0.15, -0.1) is 0 Å². The molecule has 5 amide bonds. The minimum Gasteiger partial charge on any atom is -0.481 e. The molecule has 0 aromatic heterocycles. The van der Waals surface area contributed by atoms with Gasteiger partial charge >= 0.3 is 11.9 Å². The summed E-state index contributed by atoms with van der Waals surface area (Å²) in [6.45, 7) is 2.75. The van der Waals surface area contributed by atoms with Crippen LogP contribution < -0.4 is 27.0 Å². The molecule has 8 atom stereocenters. The molecule has 1 aliphatic heterocycles. The number of aliphatic hydroxyl groups excluding tert-OH is 3. The third-order valence-corrected chi connectivity index (χ3v) is 6.22. The fraction of sp³-hybridized carbons (Fsp3) is 0.696. The molecule has 232 valence electrons. The zero-order valence-corrected chi connectivity index (χ0v) is 22.8. The summed E-state index contributed by atoms with van der Waals surface area (Å²) >= 11 is 0. The van der Waals surface area contributed by atoms with Crippen molar-refractivity contribution in [3.8, 4) is 0 Å². The first-order valence-corrected chi connectivity index (χ1v) is 12.7. The van der Waals surface area contributed by atoms with Crippen LogP contribution >= 0.6 is 0 Å². The van der Waals surface area contributed by atoms with Gasteiger partial charge in [0.1, 0.15) is 36.3 Å². The molecule has 0 bridgehead atoms. The molecule has 1 rings (SSSR count). The zero-order chi connectivity index (χ0) is 31.6. The first-order chi connectivity index (χ1) is 19.0. The lowest BCUT2D eigenvalue weighted by molar-refractivity contribution is -0.146. The highest BCUT2D eigenvalue weighted by atomic mass is 16.4. The number of rotatable bonds is 15. The molecule has 0 saturated carbocycles. The third kappa shape index (κ3) is 10.2. The number of hydrogen-bond acceptors (Lipinski definition) is 11. The molecule has 41 heavy (non-hydrogen) atoms. The van der Waals surface area contributed by atoms with Crippen molar-refractivity contribution in [2.75, 3.05) is 13.2 Å². The summed E-state index contributed by atoms with van der Waals surface area (Å²) in [7, 11) is 0.